The molecule has 0 unspecified atom stereocenters. The van der Waals surface area contributed by atoms with Crippen molar-refractivity contribution in [2.75, 3.05) is 0 Å². The van der Waals surface area contributed by atoms with Crippen LogP contribution in [0.25, 0.3) is 0 Å². The Hall–Kier alpha value is -1.36. The van der Waals surface area contributed by atoms with Crippen molar-refractivity contribution in [1.29, 1.82) is 5.41 Å². The quantitative estimate of drug-likeness (QED) is 0.634. The summed E-state index contributed by atoms with van der Waals surface area (Å²) in [6.45, 7) is 0. The van der Waals surface area contributed by atoms with Gasteiger partial charge >= 0.3 is 0 Å². The van der Waals surface area contributed by atoms with Crippen LogP contribution in [0, 0.1) is 5.41 Å². The van der Waals surface area contributed by atoms with Gasteiger partial charge in [-0.05, 0) is 25.0 Å². The van der Waals surface area contributed by atoms with E-state index >= 15 is 0 Å². The molecule has 1 saturated carbocycles. The van der Waals surface area contributed by atoms with Gasteiger partial charge in [0.15, 0.2) is 9.84 Å². The molecule has 0 radical (unpaired) electrons. The number of rotatable bonds is 3. The highest BCUT2D eigenvalue weighted by Crippen LogP contribution is 2.29. The van der Waals surface area contributed by atoms with E-state index in [1.165, 1.54) is 0 Å². The Morgan fingerprint density at radius 3 is 2.18 bits per heavy atom. The maximum atomic E-state index is 12.2. The number of nitrogens with one attached hydrogen (secondary N) is 1. The summed E-state index contributed by atoms with van der Waals surface area (Å²) in [6.07, 6.45) is 3.51. The second-order valence-electron chi connectivity index (χ2n) is 4.39. The standard InChI is InChI=1S/C12H16N2O2S/c13-12(14)9-5-7-11(8-6-9)17(15,16)10-3-1-2-4-10/h5-8,10H,1-4H2,(H3,13,14). The molecule has 1 fully saturated rings. The Labute approximate surface area is 101 Å². The fourth-order valence-electron chi connectivity index (χ4n) is 2.22. The first-order chi connectivity index (χ1) is 8.01. The molecule has 1 aliphatic rings. The normalized spacial score (nSPS) is 17.2. The molecule has 0 aliphatic heterocycles. The van der Waals surface area contributed by atoms with Gasteiger partial charge in [0.1, 0.15) is 5.84 Å². The van der Waals surface area contributed by atoms with Gasteiger partial charge in [-0.25, -0.2) is 8.42 Å². The molecule has 1 aromatic carbocycles. The fraction of sp³-hybridized carbons (Fsp3) is 0.417. The highest BCUT2D eigenvalue weighted by atomic mass is 32.2. The minimum Gasteiger partial charge on any atom is -0.384 e. The number of nitrogen functional groups attached to an aromatic ring is 1. The maximum absolute atomic E-state index is 12.2. The molecule has 1 aliphatic carbocycles. The van der Waals surface area contributed by atoms with E-state index < -0.39 is 9.84 Å². The van der Waals surface area contributed by atoms with E-state index in [9.17, 15) is 8.42 Å². The minimum atomic E-state index is -3.19. The average Bonchev–Trinajstić information content (AvgIpc) is 2.83. The topological polar surface area (TPSA) is 84.0 Å². The van der Waals surface area contributed by atoms with Crippen LogP contribution in [-0.4, -0.2) is 19.5 Å². The third-order valence-electron chi connectivity index (χ3n) is 3.23. The third kappa shape index (κ3) is 2.34. The number of hydrogen-bond acceptors (Lipinski definition) is 3. The summed E-state index contributed by atoms with van der Waals surface area (Å²) in [5.41, 5.74) is 5.88. The second-order valence-corrected chi connectivity index (χ2v) is 6.62. The molecular weight excluding hydrogens is 236 g/mol. The lowest BCUT2D eigenvalue weighted by Gasteiger charge is -2.11. The largest absolute Gasteiger partial charge is 0.384 e. The van der Waals surface area contributed by atoms with Gasteiger partial charge < -0.3 is 5.73 Å². The first kappa shape index (κ1) is 12.1. The molecule has 0 atom stereocenters. The van der Waals surface area contributed by atoms with Crippen molar-refractivity contribution in [3.05, 3.63) is 29.8 Å². The predicted octanol–water partition coefficient (Wildman–Crippen LogP) is 1.69. The van der Waals surface area contributed by atoms with Crippen LogP contribution >= 0.6 is 0 Å². The molecule has 92 valence electrons. The number of sulfone groups is 1. The Bertz CT molecular complexity index is 514. The van der Waals surface area contributed by atoms with Crippen molar-refractivity contribution in [3.63, 3.8) is 0 Å². The smallest absolute Gasteiger partial charge is 0.181 e. The summed E-state index contributed by atoms with van der Waals surface area (Å²) in [5.74, 6) is -0.0465. The van der Waals surface area contributed by atoms with Gasteiger partial charge in [-0.1, -0.05) is 25.0 Å². The molecule has 2 rings (SSSR count). The van der Waals surface area contributed by atoms with Crippen LogP contribution in [0.2, 0.25) is 0 Å². The summed E-state index contributed by atoms with van der Waals surface area (Å²) in [5, 5.41) is 7.03. The molecule has 1 aromatic rings. The summed E-state index contributed by atoms with van der Waals surface area (Å²) >= 11 is 0. The molecule has 0 bridgehead atoms. The Morgan fingerprint density at radius 2 is 1.71 bits per heavy atom. The van der Waals surface area contributed by atoms with Crippen molar-refractivity contribution < 1.29 is 8.42 Å². The Balaban J connectivity index is 2.30. The Kier molecular flexibility index (Phi) is 3.19. The minimum absolute atomic E-state index is 0.0465. The van der Waals surface area contributed by atoms with E-state index in [-0.39, 0.29) is 11.1 Å². The highest BCUT2D eigenvalue weighted by molar-refractivity contribution is 7.92. The molecule has 3 N–H and O–H groups in total. The van der Waals surface area contributed by atoms with Gasteiger partial charge in [0.2, 0.25) is 0 Å². The van der Waals surface area contributed by atoms with Gasteiger partial charge in [0, 0.05) is 5.56 Å². The lowest BCUT2D eigenvalue weighted by Crippen LogP contribution is -2.18. The third-order valence-corrected chi connectivity index (χ3v) is 5.51. The van der Waals surface area contributed by atoms with Crippen LogP contribution in [0.4, 0.5) is 0 Å². The van der Waals surface area contributed by atoms with E-state index in [1.54, 1.807) is 24.3 Å². The summed E-state index contributed by atoms with van der Waals surface area (Å²) in [6, 6.07) is 6.27. The van der Waals surface area contributed by atoms with Gasteiger partial charge in [0.05, 0.1) is 10.1 Å². The predicted molar refractivity (Wildman–Crippen MR) is 66.9 cm³/mol. The molecule has 17 heavy (non-hydrogen) atoms. The zero-order valence-corrected chi connectivity index (χ0v) is 10.3. The van der Waals surface area contributed by atoms with Gasteiger partial charge in [-0.3, -0.25) is 5.41 Å². The molecule has 0 amide bonds. The van der Waals surface area contributed by atoms with Crippen LogP contribution in [0.15, 0.2) is 29.2 Å². The van der Waals surface area contributed by atoms with Crippen LogP contribution in [0.1, 0.15) is 31.2 Å². The Morgan fingerprint density at radius 1 is 1.18 bits per heavy atom. The molecular formula is C12H16N2O2S. The number of amidine groups is 1. The summed E-state index contributed by atoms with van der Waals surface area (Å²) < 4.78 is 24.5. The van der Waals surface area contributed by atoms with Crippen molar-refractivity contribution in [3.8, 4) is 0 Å². The highest BCUT2D eigenvalue weighted by Gasteiger charge is 2.29. The van der Waals surface area contributed by atoms with Crippen LogP contribution in [0.5, 0.6) is 0 Å². The molecule has 5 heteroatoms. The van der Waals surface area contributed by atoms with E-state index in [4.69, 9.17) is 11.1 Å². The molecule has 0 heterocycles. The number of nitrogens with two attached hydrogens (primary N) is 1. The number of benzene rings is 1. The summed E-state index contributed by atoms with van der Waals surface area (Å²) in [4.78, 5) is 0.342. The first-order valence-electron chi connectivity index (χ1n) is 5.70. The zero-order chi connectivity index (χ0) is 12.5. The van der Waals surface area contributed by atoms with E-state index in [0.717, 1.165) is 25.7 Å². The van der Waals surface area contributed by atoms with Crippen LogP contribution < -0.4 is 5.73 Å². The first-order valence-corrected chi connectivity index (χ1v) is 7.25. The summed E-state index contributed by atoms with van der Waals surface area (Å²) in [7, 11) is -3.19. The van der Waals surface area contributed by atoms with Crippen LogP contribution in [0.3, 0.4) is 0 Å². The van der Waals surface area contributed by atoms with Crippen molar-refractivity contribution in [1.82, 2.24) is 0 Å². The van der Waals surface area contributed by atoms with E-state index in [0.29, 0.717) is 10.5 Å². The zero-order valence-electron chi connectivity index (χ0n) is 9.52. The second kappa shape index (κ2) is 4.49. The van der Waals surface area contributed by atoms with E-state index in [2.05, 4.69) is 0 Å². The number of hydrogen-bond donors (Lipinski definition) is 2. The molecule has 4 nitrogen and oxygen atoms in total. The van der Waals surface area contributed by atoms with Crippen molar-refractivity contribution in [2.45, 2.75) is 35.8 Å². The molecule has 0 spiro atoms. The van der Waals surface area contributed by atoms with Gasteiger partial charge in [-0.15, -0.1) is 0 Å². The maximum Gasteiger partial charge on any atom is 0.181 e. The van der Waals surface area contributed by atoms with E-state index in [1.807, 2.05) is 0 Å². The average molecular weight is 252 g/mol. The lowest BCUT2D eigenvalue weighted by molar-refractivity contribution is 0.579. The van der Waals surface area contributed by atoms with Gasteiger partial charge in [0.25, 0.3) is 0 Å². The van der Waals surface area contributed by atoms with Crippen molar-refractivity contribution >= 4 is 15.7 Å². The van der Waals surface area contributed by atoms with Crippen LogP contribution in [-0.2, 0) is 9.84 Å². The van der Waals surface area contributed by atoms with Crippen molar-refractivity contribution in [2.24, 2.45) is 5.73 Å². The SMILES string of the molecule is N=C(N)c1ccc(S(=O)(=O)C2CCCC2)cc1. The fourth-order valence-corrected chi connectivity index (χ4v) is 4.07. The van der Waals surface area contributed by atoms with Gasteiger partial charge in [-0.2, -0.15) is 0 Å². The molecule has 0 aromatic heterocycles. The lowest BCUT2D eigenvalue weighted by atomic mass is 10.2. The monoisotopic (exact) mass is 252 g/mol. The molecule has 0 saturated heterocycles.